The van der Waals surface area contributed by atoms with Crippen LogP contribution in [-0.2, 0) is 0 Å². The fraction of sp³-hybridized carbons (Fsp3) is 0.200. The normalized spacial score (nSPS) is 19.1. The monoisotopic (exact) mass is 194 g/mol. The molecule has 3 rings (SSSR count). The van der Waals surface area contributed by atoms with Crippen molar-refractivity contribution in [1.82, 2.24) is 0 Å². The largest absolute Gasteiger partial charge is 0.0761 e. The highest BCUT2D eigenvalue weighted by molar-refractivity contribution is 5.83. The predicted octanol–water partition coefficient (Wildman–Crippen LogP) is 2.44. The lowest BCUT2D eigenvalue weighted by atomic mass is 9.97. The second kappa shape index (κ2) is 3.23. The summed E-state index contributed by atoms with van der Waals surface area (Å²) < 4.78 is 0. The van der Waals surface area contributed by atoms with Gasteiger partial charge in [0.15, 0.2) is 0 Å². The molecule has 0 N–H and O–H groups in total. The van der Waals surface area contributed by atoms with Gasteiger partial charge in [0.1, 0.15) is 0 Å². The molecule has 0 spiro atoms. The van der Waals surface area contributed by atoms with Crippen molar-refractivity contribution < 1.29 is 0 Å². The predicted molar refractivity (Wildman–Crippen MR) is 65.9 cm³/mol. The van der Waals surface area contributed by atoms with E-state index in [2.05, 4.69) is 55.5 Å². The van der Waals surface area contributed by atoms with Crippen molar-refractivity contribution in [3.8, 4) is 0 Å². The molecule has 0 bridgehead atoms. The standard InChI is InChI=1S/C15H14/c1-11-6-7-14-9-12-4-2-3-5-13(12)10-15(14)8-11/h2-5,7-11H,6H2,1H3. The van der Waals surface area contributed by atoms with Gasteiger partial charge in [0.05, 0.1) is 0 Å². The maximum atomic E-state index is 2.38. The second-order valence-corrected chi connectivity index (χ2v) is 4.41. The third-order valence-electron chi connectivity index (χ3n) is 3.12. The summed E-state index contributed by atoms with van der Waals surface area (Å²) in [5.41, 5.74) is 0. The zero-order valence-electron chi connectivity index (χ0n) is 8.90. The van der Waals surface area contributed by atoms with Gasteiger partial charge in [0.2, 0.25) is 0 Å². The summed E-state index contributed by atoms with van der Waals surface area (Å²) in [7, 11) is 0. The summed E-state index contributed by atoms with van der Waals surface area (Å²) in [5, 5.41) is 5.48. The Morgan fingerprint density at radius 1 is 1.00 bits per heavy atom. The van der Waals surface area contributed by atoms with E-state index in [1.165, 1.54) is 27.6 Å². The smallest absolute Gasteiger partial charge is 0.0178 e. The van der Waals surface area contributed by atoms with E-state index in [1.54, 1.807) is 0 Å². The van der Waals surface area contributed by atoms with Crippen LogP contribution in [-0.4, -0.2) is 0 Å². The van der Waals surface area contributed by atoms with E-state index in [0.717, 1.165) is 0 Å². The molecule has 0 heterocycles. The van der Waals surface area contributed by atoms with Crippen molar-refractivity contribution >= 4 is 22.9 Å². The molecular formula is C15H14. The van der Waals surface area contributed by atoms with Crippen LogP contribution in [0.25, 0.3) is 22.9 Å². The van der Waals surface area contributed by atoms with E-state index < -0.39 is 0 Å². The summed E-state index contributed by atoms with van der Waals surface area (Å²) >= 11 is 0. The van der Waals surface area contributed by atoms with Gasteiger partial charge in [-0.3, -0.25) is 0 Å². The lowest BCUT2D eigenvalue weighted by molar-refractivity contribution is 0.801. The molecule has 0 amide bonds. The maximum Gasteiger partial charge on any atom is -0.0178 e. The van der Waals surface area contributed by atoms with Gasteiger partial charge in [-0.1, -0.05) is 43.3 Å². The minimum Gasteiger partial charge on any atom is -0.0761 e. The topological polar surface area (TPSA) is 0 Å². The molecule has 1 aliphatic carbocycles. The van der Waals surface area contributed by atoms with Gasteiger partial charge in [0, 0.05) is 0 Å². The van der Waals surface area contributed by atoms with Gasteiger partial charge >= 0.3 is 0 Å². The molecule has 1 atom stereocenters. The lowest BCUT2D eigenvalue weighted by Crippen LogP contribution is -2.28. The molecule has 1 unspecified atom stereocenters. The molecule has 0 saturated heterocycles. The molecule has 2 aromatic rings. The Labute approximate surface area is 89.6 Å². The Morgan fingerprint density at radius 2 is 1.67 bits per heavy atom. The lowest BCUT2D eigenvalue weighted by Gasteiger charge is -2.08. The molecule has 0 fully saturated rings. The highest BCUT2D eigenvalue weighted by Crippen LogP contribution is 2.11. The second-order valence-electron chi connectivity index (χ2n) is 4.41. The van der Waals surface area contributed by atoms with Crippen LogP contribution in [0.3, 0.4) is 0 Å². The van der Waals surface area contributed by atoms with E-state index in [1.807, 2.05) is 0 Å². The van der Waals surface area contributed by atoms with Gasteiger partial charge in [-0.2, -0.15) is 0 Å². The first-order chi connectivity index (χ1) is 7.33. The van der Waals surface area contributed by atoms with Crippen molar-refractivity contribution in [3.05, 3.63) is 46.8 Å². The highest BCUT2D eigenvalue weighted by Gasteiger charge is 2.02. The van der Waals surface area contributed by atoms with Crippen LogP contribution < -0.4 is 10.4 Å². The zero-order chi connectivity index (χ0) is 10.3. The van der Waals surface area contributed by atoms with Crippen molar-refractivity contribution in [2.75, 3.05) is 0 Å². The quantitative estimate of drug-likeness (QED) is 0.604. The molecule has 0 aromatic heterocycles. The summed E-state index contributed by atoms with van der Waals surface area (Å²) in [6.07, 6.45) is 5.90. The number of benzene rings is 2. The number of rotatable bonds is 0. The number of hydrogen-bond acceptors (Lipinski definition) is 0. The third-order valence-corrected chi connectivity index (χ3v) is 3.12. The van der Waals surface area contributed by atoms with Gasteiger partial charge in [-0.15, -0.1) is 0 Å². The molecule has 0 aliphatic heterocycles. The summed E-state index contributed by atoms with van der Waals surface area (Å²) in [6, 6.07) is 13.2. The van der Waals surface area contributed by atoms with E-state index in [9.17, 15) is 0 Å². The summed E-state index contributed by atoms with van der Waals surface area (Å²) in [6.45, 7) is 2.27. The van der Waals surface area contributed by atoms with Crippen molar-refractivity contribution in [3.63, 3.8) is 0 Å². The SMILES string of the molecule is CC1C=c2cc3ccccc3cc2=CC1. The van der Waals surface area contributed by atoms with Crippen LogP contribution in [0.4, 0.5) is 0 Å². The van der Waals surface area contributed by atoms with Crippen LogP contribution >= 0.6 is 0 Å². The van der Waals surface area contributed by atoms with Crippen LogP contribution in [0.1, 0.15) is 13.3 Å². The van der Waals surface area contributed by atoms with E-state index in [0.29, 0.717) is 5.92 Å². The van der Waals surface area contributed by atoms with Gasteiger partial charge in [-0.05, 0) is 45.7 Å². The fourth-order valence-electron chi connectivity index (χ4n) is 2.28. The van der Waals surface area contributed by atoms with Crippen LogP contribution in [0, 0.1) is 5.92 Å². The zero-order valence-corrected chi connectivity index (χ0v) is 8.90. The molecular weight excluding hydrogens is 180 g/mol. The Hall–Kier alpha value is -1.56. The van der Waals surface area contributed by atoms with Crippen LogP contribution in [0.5, 0.6) is 0 Å². The van der Waals surface area contributed by atoms with E-state index in [4.69, 9.17) is 0 Å². The first-order valence-electron chi connectivity index (χ1n) is 5.54. The van der Waals surface area contributed by atoms with E-state index in [-0.39, 0.29) is 0 Å². The molecule has 0 saturated carbocycles. The van der Waals surface area contributed by atoms with Crippen molar-refractivity contribution in [2.24, 2.45) is 5.92 Å². The summed E-state index contributed by atoms with van der Waals surface area (Å²) in [5.74, 6) is 0.679. The summed E-state index contributed by atoms with van der Waals surface area (Å²) in [4.78, 5) is 0. The van der Waals surface area contributed by atoms with Crippen LogP contribution in [0.2, 0.25) is 0 Å². The highest BCUT2D eigenvalue weighted by atomic mass is 14.1. The molecule has 0 heteroatoms. The average Bonchev–Trinajstić information content (AvgIpc) is 2.26. The number of fused-ring (bicyclic) bond motifs is 2. The molecule has 74 valence electrons. The average molecular weight is 194 g/mol. The first-order valence-corrected chi connectivity index (χ1v) is 5.54. The molecule has 0 nitrogen and oxygen atoms in total. The van der Waals surface area contributed by atoms with Crippen molar-refractivity contribution in [1.29, 1.82) is 0 Å². The Morgan fingerprint density at radius 3 is 2.40 bits per heavy atom. The number of hydrogen-bond donors (Lipinski definition) is 0. The minimum atomic E-state index is 0.679. The Kier molecular flexibility index (Phi) is 1.88. The Bertz CT molecular complexity index is 620. The molecule has 1 aliphatic rings. The van der Waals surface area contributed by atoms with Crippen molar-refractivity contribution in [2.45, 2.75) is 13.3 Å². The minimum absolute atomic E-state index is 0.679. The first kappa shape index (κ1) is 8.72. The van der Waals surface area contributed by atoms with E-state index >= 15 is 0 Å². The third kappa shape index (κ3) is 1.46. The molecule has 2 aromatic carbocycles. The fourth-order valence-corrected chi connectivity index (χ4v) is 2.28. The van der Waals surface area contributed by atoms with Gasteiger partial charge in [0.25, 0.3) is 0 Å². The van der Waals surface area contributed by atoms with Gasteiger partial charge in [-0.25, -0.2) is 0 Å². The molecule has 15 heavy (non-hydrogen) atoms. The maximum absolute atomic E-state index is 2.38. The Balaban J connectivity index is 2.44. The van der Waals surface area contributed by atoms with Gasteiger partial charge < -0.3 is 0 Å². The van der Waals surface area contributed by atoms with Crippen LogP contribution in [0.15, 0.2) is 36.4 Å². The molecule has 0 radical (unpaired) electrons.